The van der Waals surface area contributed by atoms with Crippen LogP contribution in [0.2, 0.25) is 0 Å². The molecule has 0 aromatic heterocycles. The Morgan fingerprint density at radius 1 is 0.771 bits per heavy atom. The summed E-state index contributed by atoms with van der Waals surface area (Å²) in [5, 5.41) is 0. The Labute approximate surface area is 225 Å². The summed E-state index contributed by atoms with van der Waals surface area (Å²) >= 11 is 11.8. The van der Waals surface area contributed by atoms with Crippen LogP contribution in [-0.4, -0.2) is 37.4 Å². The lowest BCUT2D eigenvalue weighted by Crippen LogP contribution is -2.27. The third-order valence-electron chi connectivity index (χ3n) is 6.28. The van der Waals surface area contributed by atoms with E-state index in [0.29, 0.717) is 24.8 Å². The van der Waals surface area contributed by atoms with Crippen LogP contribution in [0.15, 0.2) is 36.4 Å². The average molecular weight is 527 g/mol. The first-order chi connectivity index (χ1) is 17.2. The number of hydrogen-bond acceptors (Lipinski definition) is 3. The quantitative estimate of drug-likeness (QED) is 0.0616. The Balaban J connectivity index is 1.98. The smallest absolute Gasteiger partial charge is 0.310 e. The van der Waals surface area contributed by atoms with Gasteiger partial charge in [0.25, 0.3) is 0 Å². The fourth-order valence-electron chi connectivity index (χ4n) is 4.15. The average Bonchev–Trinajstić information content (AvgIpc) is 2.86. The molecule has 1 aromatic carbocycles. The van der Waals surface area contributed by atoms with Crippen LogP contribution < -0.4 is 4.90 Å². The number of nitrogens with zero attached hydrogens (tertiary/aromatic N) is 1. The molecule has 0 aliphatic rings. The molecule has 1 aromatic rings. The topological polar surface area (TPSA) is 29.5 Å². The molecule has 1 rings (SSSR count). The van der Waals surface area contributed by atoms with Gasteiger partial charge in [0.15, 0.2) is 0 Å². The molecule has 0 spiro atoms. The van der Waals surface area contributed by atoms with Gasteiger partial charge in [-0.25, -0.2) is 0 Å². The zero-order chi connectivity index (χ0) is 25.4. The van der Waals surface area contributed by atoms with Gasteiger partial charge in [0, 0.05) is 30.5 Å². The molecule has 0 aliphatic carbocycles. The van der Waals surface area contributed by atoms with Crippen molar-refractivity contribution in [3.05, 3.63) is 42.0 Å². The van der Waals surface area contributed by atoms with Gasteiger partial charge < -0.3 is 9.64 Å². The largest absolute Gasteiger partial charge is 0.465 e. The number of ether oxygens (including phenoxy) is 1. The van der Waals surface area contributed by atoms with Crippen LogP contribution in [0.3, 0.4) is 0 Å². The zero-order valence-electron chi connectivity index (χ0n) is 22.1. The van der Waals surface area contributed by atoms with Gasteiger partial charge in [0.2, 0.25) is 0 Å². The summed E-state index contributed by atoms with van der Waals surface area (Å²) in [4.78, 5) is 14.3. The Hall–Kier alpha value is -1.19. The van der Waals surface area contributed by atoms with E-state index in [2.05, 4.69) is 24.0 Å². The second-order valence-electron chi connectivity index (χ2n) is 9.37. The van der Waals surface area contributed by atoms with E-state index in [1.807, 2.05) is 24.3 Å². The lowest BCUT2D eigenvalue weighted by atomic mass is 10.1. The number of allylic oxidation sites excluding steroid dienone is 2. The van der Waals surface area contributed by atoms with Crippen LogP contribution in [0.1, 0.15) is 102 Å². The van der Waals surface area contributed by atoms with Crippen LogP contribution >= 0.6 is 23.2 Å². The standard InChI is InChI=1S/C30H49Cl2NO2/c1-2-3-4-5-6-7-8-9-10-11-12-13-14-15-16-17-26-35-30(34)27-28-18-20-29(21-19-28)33(24-22-31)25-23-32/h9-10,18-21H,2-8,11-17,22-27H2,1H3. The minimum Gasteiger partial charge on any atom is -0.465 e. The van der Waals surface area contributed by atoms with Crippen molar-refractivity contribution in [1.82, 2.24) is 0 Å². The number of carbonyl (C=O) groups excluding carboxylic acids is 1. The maximum Gasteiger partial charge on any atom is 0.310 e. The third kappa shape index (κ3) is 17.8. The number of halogens is 2. The SMILES string of the molecule is CCCCCCCCC=CCCCCCCCCOC(=O)Cc1ccc(N(CCCl)CCCl)cc1. The molecule has 0 N–H and O–H groups in total. The molecule has 0 saturated carbocycles. The maximum absolute atomic E-state index is 12.1. The number of hydrogen-bond donors (Lipinski definition) is 0. The normalized spacial score (nSPS) is 11.3. The lowest BCUT2D eigenvalue weighted by molar-refractivity contribution is -0.142. The monoisotopic (exact) mass is 525 g/mol. The summed E-state index contributed by atoms with van der Waals surface area (Å²) in [5.74, 6) is 0.965. The number of rotatable bonds is 23. The minimum absolute atomic E-state index is 0.149. The lowest BCUT2D eigenvalue weighted by Gasteiger charge is -2.23. The van der Waals surface area contributed by atoms with Crippen LogP contribution in [0.25, 0.3) is 0 Å². The van der Waals surface area contributed by atoms with Crippen molar-refractivity contribution < 1.29 is 9.53 Å². The van der Waals surface area contributed by atoms with Gasteiger partial charge in [0.05, 0.1) is 13.0 Å². The summed E-state index contributed by atoms with van der Waals surface area (Å²) in [7, 11) is 0. The van der Waals surface area contributed by atoms with Crippen molar-refractivity contribution >= 4 is 34.9 Å². The summed E-state index contributed by atoms with van der Waals surface area (Å²) in [5.41, 5.74) is 2.05. The molecule has 3 nitrogen and oxygen atoms in total. The maximum atomic E-state index is 12.1. The molecule has 200 valence electrons. The Morgan fingerprint density at radius 2 is 1.29 bits per heavy atom. The number of benzene rings is 1. The highest BCUT2D eigenvalue weighted by Crippen LogP contribution is 2.16. The van der Waals surface area contributed by atoms with E-state index in [9.17, 15) is 4.79 Å². The second-order valence-corrected chi connectivity index (χ2v) is 10.1. The molecular weight excluding hydrogens is 477 g/mol. The fourth-order valence-corrected chi connectivity index (χ4v) is 4.56. The number of alkyl halides is 2. The fraction of sp³-hybridized carbons (Fsp3) is 0.700. The molecule has 0 radical (unpaired) electrons. The molecule has 0 heterocycles. The zero-order valence-corrected chi connectivity index (χ0v) is 23.6. The van der Waals surface area contributed by atoms with Crippen molar-refractivity contribution in [1.29, 1.82) is 0 Å². The van der Waals surface area contributed by atoms with Gasteiger partial charge in [-0.2, -0.15) is 0 Å². The predicted octanol–water partition coefficient (Wildman–Crippen LogP) is 9.09. The highest BCUT2D eigenvalue weighted by atomic mass is 35.5. The van der Waals surface area contributed by atoms with E-state index in [1.165, 1.54) is 77.0 Å². The molecule has 35 heavy (non-hydrogen) atoms. The van der Waals surface area contributed by atoms with Gasteiger partial charge in [-0.15, -0.1) is 23.2 Å². The van der Waals surface area contributed by atoms with Gasteiger partial charge in [-0.1, -0.05) is 89.0 Å². The van der Waals surface area contributed by atoms with Gasteiger partial charge in [-0.3, -0.25) is 4.79 Å². The number of anilines is 1. The van der Waals surface area contributed by atoms with E-state index < -0.39 is 0 Å². The van der Waals surface area contributed by atoms with Crippen molar-refractivity contribution in [2.45, 2.75) is 103 Å². The van der Waals surface area contributed by atoms with Gasteiger partial charge >= 0.3 is 5.97 Å². The van der Waals surface area contributed by atoms with Crippen LogP contribution in [-0.2, 0) is 16.0 Å². The first kappa shape index (κ1) is 31.8. The van der Waals surface area contributed by atoms with Crippen LogP contribution in [0.5, 0.6) is 0 Å². The summed E-state index contributed by atoms with van der Waals surface area (Å²) in [6, 6.07) is 8.01. The van der Waals surface area contributed by atoms with Crippen molar-refractivity contribution in [2.24, 2.45) is 0 Å². The van der Waals surface area contributed by atoms with Crippen molar-refractivity contribution in [2.75, 3.05) is 36.4 Å². The van der Waals surface area contributed by atoms with E-state index in [0.717, 1.165) is 37.2 Å². The van der Waals surface area contributed by atoms with Crippen molar-refractivity contribution in [3.8, 4) is 0 Å². The molecule has 0 bridgehead atoms. The van der Waals surface area contributed by atoms with E-state index >= 15 is 0 Å². The van der Waals surface area contributed by atoms with Crippen LogP contribution in [0, 0.1) is 0 Å². The molecular formula is C30H49Cl2NO2. The first-order valence-corrected chi connectivity index (χ1v) is 15.0. The van der Waals surface area contributed by atoms with Gasteiger partial charge in [0.1, 0.15) is 0 Å². The summed E-state index contributed by atoms with van der Waals surface area (Å²) < 4.78 is 5.43. The molecule has 0 aliphatic heterocycles. The minimum atomic E-state index is -0.149. The number of carbonyl (C=O) groups is 1. The molecule has 0 unspecified atom stereocenters. The number of esters is 1. The van der Waals surface area contributed by atoms with Crippen LogP contribution in [0.4, 0.5) is 5.69 Å². The molecule has 5 heteroatoms. The number of unbranched alkanes of at least 4 members (excludes halogenated alkanes) is 12. The Morgan fingerprint density at radius 3 is 1.83 bits per heavy atom. The van der Waals surface area contributed by atoms with Gasteiger partial charge in [-0.05, 0) is 49.8 Å². The predicted molar refractivity (Wildman–Crippen MR) is 154 cm³/mol. The molecule has 0 atom stereocenters. The summed E-state index contributed by atoms with van der Waals surface area (Å²) in [6.07, 6.45) is 22.9. The summed E-state index contributed by atoms with van der Waals surface area (Å²) in [6.45, 7) is 4.31. The highest BCUT2D eigenvalue weighted by molar-refractivity contribution is 6.18. The van der Waals surface area contributed by atoms with E-state index in [-0.39, 0.29) is 5.97 Å². The highest BCUT2D eigenvalue weighted by Gasteiger charge is 2.08. The second kappa shape index (κ2) is 23.2. The molecule has 0 saturated heterocycles. The molecule has 0 amide bonds. The molecule has 0 fully saturated rings. The third-order valence-corrected chi connectivity index (χ3v) is 6.62. The van der Waals surface area contributed by atoms with E-state index in [4.69, 9.17) is 27.9 Å². The Bertz CT molecular complexity index is 642. The van der Waals surface area contributed by atoms with Crippen molar-refractivity contribution in [3.63, 3.8) is 0 Å². The Kier molecular flexibility index (Phi) is 21.1. The first-order valence-electron chi connectivity index (χ1n) is 14.0. The van der Waals surface area contributed by atoms with E-state index in [1.54, 1.807) is 0 Å².